The van der Waals surface area contributed by atoms with Crippen LogP contribution in [-0.2, 0) is 16.4 Å². The number of nitrogens with one attached hydrogen (secondary N) is 2. The Hall–Kier alpha value is -2.72. The summed E-state index contributed by atoms with van der Waals surface area (Å²) in [5.74, 6) is -0.626. The van der Waals surface area contributed by atoms with Gasteiger partial charge in [-0.2, -0.15) is 0 Å². The van der Waals surface area contributed by atoms with Crippen LogP contribution in [-0.4, -0.2) is 49.0 Å². The summed E-state index contributed by atoms with van der Waals surface area (Å²) < 4.78 is 25.1. The number of amides is 1. The number of aromatic nitrogens is 1. The molecule has 7 nitrogen and oxygen atoms in total. The molecule has 1 aromatic heterocycles. The molecule has 1 heterocycles. The molecule has 0 spiro atoms. The molecule has 2 aromatic carbocycles. The summed E-state index contributed by atoms with van der Waals surface area (Å²) in [6.07, 6.45) is 4.54. The third-order valence-electron chi connectivity index (χ3n) is 5.15. The summed E-state index contributed by atoms with van der Waals surface area (Å²) in [5, 5.41) is 13.7. The zero-order chi connectivity index (χ0) is 25.4. The van der Waals surface area contributed by atoms with Crippen molar-refractivity contribution in [3.05, 3.63) is 83.7 Å². The van der Waals surface area contributed by atoms with Gasteiger partial charge in [-0.05, 0) is 47.9 Å². The van der Waals surface area contributed by atoms with Gasteiger partial charge in [0.1, 0.15) is 0 Å². The smallest absolute Gasteiger partial charge is 0.265 e. The lowest BCUT2D eigenvalue weighted by molar-refractivity contribution is 0.0979. The molecule has 35 heavy (non-hydrogen) atoms. The van der Waals surface area contributed by atoms with Crippen LogP contribution in [0.3, 0.4) is 0 Å². The number of hydrogen-bond acceptors (Lipinski definition) is 7. The van der Waals surface area contributed by atoms with Gasteiger partial charge in [-0.15, -0.1) is 11.8 Å². The number of rotatable bonds is 11. The van der Waals surface area contributed by atoms with Gasteiger partial charge in [-0.1, -0.05) is 50.2 Å². The predicted octanol–water partition coefficient (Wildman–Crippen LogP) is 3.80. The molecule has 3 aromatic rings. The maximum Gasteiger partial charge on any atom is 0.265 e. The second kappa shape index (κ2) is 12.3. The third-order valence-corrected chi connectivity index (χ3v) is 6.77. The van der Waals surface area contributed by atoms with Crippen LogP contribution in [0.2, 0.25) is 0 Å². The van der Waals surface area contributed by atoms with Gasteiger partial charge < -0.3 is 10.4 Å². The minimum Gasteiger partial charge on any atom is -0.387 e. The average molecular weight is 514 g/mol. The number of thioether (sulfide) groups is 1. The molecular formula is C26H31N3O4S2. The molecule has 0 aliphatic rings. The van der Waals surface area contributed by atoms with Gasteiger partial charge >= 0.3 is 0 Å². The van der Waals surface area contributed by atoms with E-state index in [0.717, 1.165) is 46.4 Å². The maximum atomic E-state index is 12.5. The molecule has 0 bridgehead atoms. The summed E-state index contributed by atoms with van der Waals surface area (Å²) >= 11 is 1.52. The van der Waals surface area contributed by atoms with Crippen molar-refractivity contribution in [1.29, 1.82) is 0 Å². The monoisotopic (exact) mass is 513 g/mol. The Morgan fingerprint density at radius 1 is 1.09 bits per heavy atom. The van der Waals surface area contributed by atoms with Crippen molar-refractivity contribution in [2.75, 3.05) is 19.3 Å². The molecular weight excluding hydrogens is 482 g/mol. The highest BCUT2D eigenvalue weighted by Crippen LogP contribution is 2.32. The Morgan fingerprint density at radius 3 is 2.43 bits per heavy atom. The Morgan fingerprint density at radius 2 is 1.80 bits per heavy atom. The van der Waals surface area contributed by atoms with E-state index in [1.54, 1.807) is 18.5 Å². The predicted molar refractivity (Wildman–Crippen MR) is 141 cm³/mol. The molecule has 0 saturated heterocycles. The van der Waals surface area contributed by atoms with Crippen molar-refractivity contribution in [2.24, 2.45) is 0 Å². The van der Waals surface area contributed by atoms with Crippen LogP contribution in [0.1, 0.15) is 41.4 Å². The topological polar surface area (TPSA) is 108 Å². The summed E-state index contributed by atoms with van der Waals surface area (Å²) in [6, 6.07) is 17.3. The highest BCUT2D eigenvalue weighted by molar-refractivity contribution is 8.00. The van der Waals surface area contributed by atoms with Crippen LogP contribution in [0.4, 0.5) is 0 Å². The Kier molecular flexibility index (Phi) is 9.45. The molecule has 0 aliphatic carbocycles. The van der Waals surface area contributed by atoms with E-state index < -0.39 is 22.0 Å². The second-order valence-corrected chi connectivity index (χ2v) is 11.9. The summed E-state index contributed by atoms with van der Waals surface area (Å²) in [4.78, 5) is 17.2. The molecule has 3 N–H and O–H groups in total. The van der Waals surface area contributed by atoms with E-state index in [9.17, 15) is 18.3 Å². The van der Waals surface area contributed by atoms with E-state index in [1.165, 1.54) is 11.8 Å². The molecule has 3 rings (SSSR count). The second-order valence-electron chi connectivity index (χ2n) is 8.53. The number of aliphatic hydroxyl groups excluding tert-OH is 1. The van der Waals surface area contributed by atoms with E-state index in [4.69, 9.17) is 0 Å². The highest BCUT2D eigenvalue weighted by atomic mass is 32.2. The SMILES string of the molecule is CC(C)Sc1cc(-c2ccc(CCNC[C@@H](O)c3cccnc3)cc2)ccc1C(=O)NS(C)(=O)=O. The number of pyridine rings is 1. The fraction of sp³-hybridized carbons (Fsp3) is 0.308. The molecule has 0 aliphatic heterocycles. The zero-order valence-electron chi connectivity index (χ0n) is 20.1. The number of sulfonamides is 1. The van der Waals surface area contributed by atoms with Crippen LogP contribution >= 0.6 is 11.8 Å². The number of nitrogens with zero attached hydrogens (tertiary/aromatic N) is 1. The maximum absolute atomic E-state index is 12.5. The van der Waals surface area contributed by atoms with Crippen LogP contribution in [0.25, 0.3) is 11.1 Å². The van der Waals surface area contributed by atoms with Crippen molar-refractivity contribution in [1.82, 2.24) is 15.0 Å². The number of benzene rings is 2. The first kappa shape index (κ1) is 26.9. The van der Waals surface area contributed by atoms with E-state index >= 15 is 0 Å². The van der Waals surface area contributed by atoms with Gasteiger partial charge in [0.25, 0.3) is 5.91 Å². The summed E-state index contributed by atoms with van der Waals surface area (Å²) in [7, 11) is -3.64. The van der Waals surface area contributed by atoms with Gasteiger partial charge in [-0.25, -0.2) is 13.1 Å². The molecule has 0 fully saturated rings. The van der Waals surface area contributed by atoms with Gasteiger partial charge in [0.15, 0.2) is 0 Å². The fourth-order valence-corrected chi connectivity index (χ4v) is 4.93. The van der Waals surface area contributed by atoms with Crippen LogP contribution < -0.4 is 10.0 Å². The van der Waals surface area contributed by atoms with E-state index in [-0.39, 0.29) is 5.25 Å². The number of hydrogen-bond donors (Lipinski definition) is 3. The minimum absolute atomic E-state index is 0.224. The molecule has 9 heteroatoms. The average Bonchev–Trinajstić information content (AvgIpc) is 2.81. The number of aliphatic hydroxyl groups is 1. The van der Waals surface area contributed by atoms with Crippen molar-refractivity contribution >= 4 is 27.7 Å². The third kappa shape index (κ3) is 8.47. The lowest BCUT2D eigenvalue weighted by atomic mass is 10.0. The molecule has 1 atom stereocenters. The zero-order valence-corrected chi connectivity index (χ0v) is 21.7. The lowest BCUT2D eigenvalue weighted by Gasteiger charge is -2.14. The lowest BCUT2D eigenvalue weighted by Crippen LogP contribution is -2.29. The van der Waals surface area contributed by atoms with Crippen LogP contribution in [0, 0.1) is 0 Å². The quantitative estimate of drug-likeness (QED) is 0.264. The van der Waals surface area contributed by atoms with Crippen molar-refractivity contribution in [3.63, 3.8) is 0 Å². The van der Waals surface area contributed by atoms with Crippen molar-refractivity contribution in [3.8, 4) is 11.1 Å². The van der Waals surface area contributed by atoms with Gasteiger partial charge in [0.2, 0.25) is 10.0 Å². The van der Waals surface area contributed by atoms with Crippen molar-refractivity contribution < 1.29 is 18.3 Å². The molecule has 0 unspecified atom stereocenters. The Bertz CT molecular complexity index is 1230. The van der Waals surface area contributed by atoms with E-state index in [2.05, 4.69) is 27.2 Å². The minimum atomic E-state index is -3.64. The number of carbonyl (C=O) groups is 1. The Labute approximate surface area is 211 Å². The first-order chi connectivity index (χ1) is 16.6. The van der Waals surface area contributed by atoms with E-state index in [0.29, 0.717) is 12.1 Å². The van der Waals surface area contributed by atoms with E-state index in [1.807, 2.05) is 50.2 Å². The molecule has 186 valence electrons. The molecule has 0 saturated carbocycles. The van der Waals surface area contributed by atoms with Crippen LogP contribution in [0.5, 0.6) is 0 Å². The Balaban J connectivity index is 1.64. The fourth-order valence-electron chi connectivity index (χ4n) is 3.49. The first-order valence-electron chi connectivity index (χ1n) is 11.3. The molecule has 0 radical (unpaired) electrons. The van der Waals surface area contributed by atoms with Gasteiger partial charge in [0.05, 0.1) is 17.9 Å². The molecule has 1 amide bonds. The largest absolute Gasteiger partial charge is 0.387 e. The summed E-state index contributed by atoms with van der Waals surface area (Å²) in [5.41, 5.74) is 4.26. The standard InChI is InChI=1S/C26H31N3O4S2/c1-18(2)34-25-15-21(10-11-23(25)26(31)29-35(3,32)33)20-8-6-19(7-9-20)12-14-28-17-24(30)22-5-4-13-27-16-22/h4-11,13,15-16,18,24,28,30H,12,14,17H2,1-3H3,(H,29,31)/t24-/m1/s1. The normalized spacial score (nSPS) is 12.5. The highest BCUT2D eigenvalue weighted by Gasteiger charge is 2.17. The van der Waals surface area contributed by atoms with Gasteiger partial charge in [0, 0.05) is 34.6 Å². The number of carbonyl (C=O) groups excluding carboxylic acids is 1. The first-order valence-corrected chi connectivity index (χ1v) is 14.1. The van der Waals surface area contributed by atoms with Crippen LogP contribution in [0.15, 0.2) is 71.9 Å². The van der Waals surface area contributed by atoms with Gasteiger partial charge in [-0.3, -0.25) is 9.78 Å². The van der Waals surface area contributed by atoms with Crippen molar-refractivity contribution in [2.45, 2.75) is 36.5 Å². The summed E-state index contributed by atoms with van der Waals surface area (Å²) in [6.45, 7) is 5.23.